The van der Waals surface area contributed by atoms with Crippen LogP contribution < -0.4 is 11.3 Å². The van der Waals surface area contributed by atoms with Gasteiger partial charge in [0.15, 0.2) is 0 Å². The molecule has 2 unspecified atom stereocenters. The van der Waals surface area contributed by atoms with Gasteiger partial charge in [0, 0.05) is 18.1 Å². The van der Waals surface area contributed by atoms with E-state index in [0.29, 0.717) is 12.6 Å². The van der Waals surface area contributed by atoms with Crippen LogP contribution in [0.25, 0.3) is 0 Å². The predicted octanol–water partition coefficient (Wildman–Crippen LogP) is 2.17. The lowest BCUT2D eigenvalue weighted by molar-refractivity contribution is 0.0104. The molecule has 0 aliphatic carbocycles. The number of hydrogen-bond acceptors (Lipinski definition) is 4. The van der Waals surface area contributed by atoms with Crippen molar-refractivity contribution < 1.29 is 9.53 Å². The quantitative estimate of drug-likeness (QED) is 0.661. The SMILES string of the molecule is NNC1CC2CCCC(C1)N2C(=O)OCc1ccccc1. The smallest absolute Gasteiger partial charge is 0.410 e. The van der Waals surface area contributed by atoms with E-state index in [1.54, 1.807) is 0 Å². The molecule has 2 bridgehead atoms. The number of rotatable bonds is 3. The van der Waals surface area contributed by atoms with Crippen molar-refractivity contribution in [1.82, 2.24) is 10.3 Å². The fraction of sp³-hybridized carbons (Fsp3) is 0.562. The van der Waals surface area contributed by atoms with Gasteiger partial charge >= 0.3 is 6.09 Å². The van der Waals surface area contributed by atoms with Crippen LogP contribution in [0.3, 0.4) is 0 Å². The largest absolute Gasteiger partial charge is 0.445 e. The van der Waals surface area contributed by atoms with Gasteiger partial charge in [0.25, 0.3) is 0 Å². The summed E-state index contributed by atoms with van der Waals surface area (Å²) < 4.78 is 5.51. The number of ether oxygens (including phenoxy) is 1. The number of amides is 1. The van der Waals surface area contributed by atoms with Crippen molar-refractivity contribution in [1.29, 1.82) is 0 Å². The van der Waals surface area contributed by atoms with Crippen molar-refractivity contribution in [3.63, 3.8) is 0 Å². The Balaban J connectivity index is 1.61. The topological polar surface area (TPSA) is 67.6 Å². The van der Waals surface area contributed by atoms with Crippen molar-refractivity contribution in [3.05, 3.63) is 35.9 Å². The Labute approximate surface area is 125 Å². The highest BCUT2D eigenvalue weighted by Gasteiger charge is 2.41. The lowest BCUT2D eigenvalue weighted by atomic mass is 9.82. The third kappa shape index (κ3) is 3.19. The summed E-state index contributed by atoms with van der Waals surface area (Å²) in [5.41, 5.74) is 3.89. The second kappa shape index (κ2) is 6.45. The van der Waals surface area contributed by atoms with Crippen LogP contribution in [0.5, 0.6) is 0 Å². The van der Waals surface area contributed by atoms with E-state index >= 15 is 0 Å². The van der Waals surface area contributed by atoms with Gasteiger partial charge in [0.1, 0.15) is 6.61 Å². The van der Waals surface area contributed by atoms with Crippen LogP contribution in [-0.2, 0) is 11.3 Å². The number of nitrogens with one attached hydrogen (secondary N) is 1. The number of benzene rings is 1. The summed E-state index contributed by atoms with van der Waals surface area (Å²) in [6.07, 6.45) is 4.96. The zero-order valence-electron chi connectivity index (χ0n) is 12.2. The van der Waals surface area contributed by atoms with Crippen molar-refractivity contribution in [2.45, 2.75) is 56.8 Å². The van der Waals surface area contributed by atoms with E-state index < -0.39 is 0 Å². The number of carbonyl (C=O) groups excluding carboxylic acids is 1. The standard InChI is InChI=1S/C16H23N3O2/c17-18-13-9-14-7-4-8-15(10-13)19(14)16(20)21-11-12-5-2-1-3-6-12/h1-3,5-6,13-15,18H,4,7-11,17H2. The lowest BCUT2D eigenvalue weighted by Gasteiger charge is -2.47. The number of piperidine rings is 2. The van der Waals surface area contributed by atoms with Crippen molar-refractivity contribution in [2.24, 2.45) is 5.84 Å². The van der Waals surface area contributed by atoms with Gasteiger partial charge in [-0.05, 0) is 37.7 Å². The first-order chi connectivity index (χ1) is 10.3. The summed E-state index contributed by atoms with van der Waals surface area (Å²) in [6, 6.07) is 10.7. The molecule has 2 heterocycles. The van der Waals surface area contributed by atoms with Gasteiger partial charge in [0.2, 0.25) is 0 Å². The molecule has 114 valence electrons. The molecule has 0 saturated carbocycles. The Hall–Kier alpha value is -1.59. The Morgan fingerprint density at radius 1 is 1.24 bits per heavy atom. The van der Waals surface area contributed by atoms with E-state index in [2.05, 4.69) is 5.43 Å². The first-order valence-electron chi connectivity index (χ1n) is 7.73. The van der Waals surface area contributed by atoms with E-state index in [0.717, 1.165) is 31.2 Å². The third-order valence-electron chi connectivity index (χ3n) is 4.63. The molecule has 3 N–H and O–H groups in total. The van der Waals surface area contributed by atoms with Gasteiger partial charge in [0.05, 0.1) is 0 Å². The summed E-state index contributed by atoms with van der Waals surface area (Å²) in [5, 5.41) is 0. The molecule has 0 radical (unpaired) electrons. The molecular weight excluding hydrogens is 266 g/mol. The first-order valence-corrected chi connectivity index (χ1v) is 7.73. The Morgan fingerprint density at radius 2 is 1.90 bits per heavy atom. The van der Waals surface area contributed by atoms with Crippen LogP contribution in [0.2, 0.25) is 0 Å². The molecule has 21 heavy (non-hydrogen) atoms. The highest BCUT2D eigenvalue weighted by Crippen LogP contribution is 2.34. The second-order valence-electron chi connectivity index (χ2n) is 6.02. The van der Waals surface area contributed by atoms with Gasteiger partial charge in [-0.3, -0.25) is 11.3 Å². The molecule has 2 saturated heterocycles. The molecule has 0 aromatic heterocycles. The van der Waals surface area contributed by atoms with Crippen molar-refractivity contribution in [2.75, 3.05) is 0 Å². The maximum Gasteiger partial charge on any atom is 0.410 e. The fourth-order valence-corrected chi connectivity index (χ4v) is 3.61. The predicted molar refractivity (Wildman–Crippen MR) is 80.2 cm³/mol. The van der Waals surface area contributed by atoms with E-state index in [9.17, 15) is 4.79 Å². The van der Waals surface area contributed by atoms with Crippen molar-refractivity contribution in [3.8, 4) is 0 Å². The average molecular weight is 289 g/mol. The summed E-state index contributed by atoms with van der Waals surface area (Å²) in [7, 11) is 0. The molecule has 2 fully saturated rings. The Kier molecular flexibility index (Phi) is 4.41. The van der Waals surface area contributed by atoms with Crippen LogP contribution in [-0.4, -0.2) is 29.1 Å². The van der Waals surface area contributed by atoms with Gasteiger partial charge in [-0.25, -0.2) is 4.79 Å². The maximum absolute atomic E-state index is 12.4. The lowest BCUT2D eigenvalue weighted by Crippen LogP contribution is -2.59. The van der Waals surface area contributed by atoms with Gasteiger partial charge in [-0.2, -0.15) is 0 Å². The minimum Gasteiger partial charge on any atom is -0.445 e. The van der Waals surface area contributed by atoms with E-state index in [4.69, 9.17) is 10.6 Å². The third-order valence-corrected chi connectivity index (χ3v) is 4.63. The molecule has 3 rings (SSSR count). The monoisotopic (exact) mass is 289 g/mol. The highest BCUT2D eigenvalue weighted by molar-refractivity contribution is 5.69. The molecule has 0 spiro atoms. The van der Waals surface area contributed by atoms with E-state index in [1.807, 2.05) is 35.2 Å². The minimum atomic E-state index is -0.177. The summed E-state index contributed by atoms with van der Waals surface area (Å²) >= 11 is 0. The molecule has 5 nitrogen and oxygen atoms in total. The van der Waals surface area contributed by atoms with Crippen molar-refractivity contribution >= 4 is 6.09 Å². The summed E-state index contributed by atoms with van der Waals surface area (Å²) in [5.74, 6) is 5.58. The number of fused-ring (bicyclic) bond motifs is 2. The van der Waals surface area contributed by atoms with Crippen LogP contribution in [0.4, 0.5) is 4.79 Å². The van der Waals surface area contributed by atoms with Gasteiger partial charge in [-0.1, -0.05) is 30.3 Å². The van der Waals surface area contributed by atoms with Gasteiger partial charge < -0.3 is 9.64 Å². The van der Waals surface area contributed by atoms with E-state index in [1.165, 1.54) is 6.42 Å². The molecule has 2 aliphatic rings. The second-order valence-corrected chi connectivity index (χ2v) is 6.02. The number of nitrogens with zero attached hydrogens (tertiary/aromatic N) is 1. The number of nitrogens with two attached hydrogens (primary N) is 1. The molecule has 1 aromatic carbocycles. The minimum absolute atomic E-state index is 0.177. The average Bonchev–Trinajstić information content (AvgIpc) is 2.52. The number of hydrazine groups is 1. The van der Waals surface area contributed by atoms with E-state index in [-0.39, 0.29) is 18.2 Å². The molecule has 2 aliphatic heterocycles. The molecular formula is C16H23N3O2. The first kappa shape index (κ1) is 14.4. The zero-order chi connectivity index (χ0) is 14.7. The van der Waals surface area contributed by atoms with Crippen LogP contribution in [0.1, 0.15) is 37.7 Å². The van der Waals surface area contributed by atoms with Gasteiger partial charge in [-0.15, -0.1) is 0 Å². The molecule has 1 aromatic rings. The van der Waals surface area contributed by atoms with Crippen LogP contribution in [0.15, 0.2) is 30.3 Å². The van der Waals surface area contributed by atoms with Crippen LogP contribution in [0, 0.1) is 0 Å². The Bertz CT molecular complexity index is 466. The maximum atomic E-state index is 12.4. The molecule has 5 heteroatoms. The normalized spacial score (nSPS) is 28.2. The number of hydrogen-bond donors (Lipinski definition) is 2. The molecule has 1 amide bonds. The summed E-state index contributed by atoms with van der Waals surface area (Å²) in [4.78, 5) is 14.4. The zero-order valence-corrected chi connectivity index (χ0v) is 12.2. The Morgan fingerprint density at radius 3 is 2.52 bits per heavy atom. The fourth-order valence-electron chi connectivity index (χ4n) is 3.61. The van der Waals surface area contributed by atoms with Crippen LogP contribution >= 0.6 is 0 Å². The highest BCUT2D eigenvalue weighted by atomic mass is 16.6. The number of carbonyl (C=O) groups is 1. The summed E-state index contributed by atoms with van der Waals surface area (Å²) in [6.45, 7) is 0.341. The molecule has 2 atom stereocenters.